The van der Waals surface area contributed by atoms with Gasteiger partial charge in [0.05, 0.1) is 39.0 Å². The van der Waals surface area contributed by atoms with Crippen LogP contribution in [0.2, 0.25) is 10.0 Å². The highest BCUT2D eigenvalue weighted by Gasteiger charge is 2.35. The standard InChI is InChI=1S/C29H24BCl2N7/c1-3-25(18-9-5-4-6-10-18)35-26-19(15-33)16-34-27-21(26)13-20(14-24(27)32)36-29(30,28-17(2)37-39-38-28)22-11-7-8-12-23(22)31/h4-14,16,25,36H,3H2,1-2H3,(H,34,35)(H,37,38,39)/t25-,29?/m1/s1. The summed E-state index contributed by atoms with van der Waals surface area (Å²) < 4.78 is 0. The van der Waals surface area contributed by atoms with Gasteiger partial charge in [0.15, 0.2) is 0 Å². The van der Waals surface area contributed by atoms with E-state index in [9.17, 15) is 5.26 Å². The Morgan fingerprint density at radius 1 is 1.05 bits per heavy atom. The number of pyridine rings is 1. The molecule has 10 heteroatoms. The molecule has 0 saturated carbocycles. The number of nitrogens with zero attached hydrogens (tertiary/aromatic N) is 4. The smallest absolute Gasteiger partial charge is 0.119 e. The summed E-state index contributed by atoms with van der Waals surface area (Å²) >= 11 is 13.4. The highest BCUT2D eigenvalue weighted by molar-refractivity contribution is 6.36. The molecule has 1 unspecified atom stereocenters. The zero-order valence-electron chi connectivity index (χ0n) is 21.3. The van der Waals surface area contributed by atoms with E-state index in [1.807, 2.05) is 49.4 Å². The second-order valence-electron chi connectivity index (χ2n) is 9.20. The highest BCUT2D eigenvalue weighted by Crippen LogP contribution is 2.39. The molecule has 192 valence electrons. The first kappa shape index (κ1) is 26.5. The minimum absolute atomic E-state index is 0.0335. The number of aromatic amines is 1. The zero-order valence-corrected chi connectivity index (χ0v) is 22.8. The first-order valence-corrected chi connectivity index (χ1v) is 13.1. The van der Waals surface area contributed by atoms with E-state index in [-0.39, 0.29) is 6.04 Å². The lowest BCUT2D eigenvalue weighted by Gasteiger charge is -2.33. The summed E-state index contributed by atoms with van der Waals surface area (Å²) in [5, 5.41) is 29.6. The van der Waals surface area contributed by atoms with E-state index >= 15 is 0 Å². The first-order chi connectivity index (χ1) is 18.9. The van der Waals surface area contributed by atoms with E-state index in [4.69, 9.17) is 31.0 Å². The summed E-state index contributed by atoms with van der Waals surface area (Å²) in [6.07, 6.45) is 2.34. The number of nitriles is 1. The van der Waals surface area contributed by atoms with Crippen LogP contribution in [0.3, 0.4) is 0 Å². The maximum atomic E-state index is 9.96. The van der Waals surface area contributed by atoms with Crippen LogP contribution in [0.4, 0.5) is 11.4 Å². The van der Waals surface area contributed by atoms with E-state index in [2.05, 4.69) is 56.2 Å². The van der Waals surface area contributed by atoms with Gasteiger partial charge in [-0.15, -0.1) is 0 Å². The van der Waals surface area contributed by atoms with Crippen molar-refractivity contribution in [1.29, 1.82) is 5.26 Å². The van der Waals surface area contributed by atoms with Gasteiger partial charge in [0, 0.05) is 22.3 Å². The van der Waals surface area contributed by atoms with E-state index < -0.39 is 5.44 Å². The number of aromatic nitrogens is 4. The lowest BCUT2D eigenvalue weighted by atomic mass is 9.69. The van der Waals surface area contributed by atoms with Gasteiger partial charge >= 0.3 is 0 Å². The van der Waals surface area contributed by atoms with E-state index in [0.29, 0.717) is 54.8 Å². The van der Waals surface area contributed by atoms with Crippen LogP contribution < -0.4 is 10.6 Å². The summed E-state index contributed by atoms with van der Waals surface area (Å²) in [7, 11) is 7.04. The molecule has 2 aromatic heterocycles. The van der Waals surface area contributed by atoms with Crippen molar-refractivity contribution in [1.82, 2.24) is 20.4 Å². The zero-order chi connectivity index (χ0) is 27.6. The van der Waals surface area contributed by atoms with Crippen molar-refractivity contribution < 1.29 is 0 Å². The minimum Gasteiger partial charge on any atom is -0.378 e. The topological polar surface area (TPSA) is 102 Å². The lowest BCUT2D eigenvalue weighted by Crippen LogP contribution is -2.38. The highest BCUT2D eigenvalue weighted by atomic mass is 35.5. The van der Waals surface area contributed by atoms with Crippen LogP contribution in [0.1, 0.15) is 47.5 Å². The normalized spacial score (nSPS) is 13.4. The number of benzene rings is 3. The number of halogens is 2. The van der Waals surface area contributed by atoms with Crippen LogP contribution in [-0.2, 0) is 5.44 Å². The molecule has 3 N–H and O–H groups in total. The molecular weight excluding hydrogens is 528 g/mol. The van der Waals surface area contributed by atoms with Crippen LogP contribution in [0, 0.1) is 18.3 Å². The van der Waals surface area contributed by atoms with Crippen LogP contribution in [0.5, 0.6) is 0 Å². The molecular formula is C29H24BCl2N7. The van der Waals surface area contributed by atoms with Crippen LogP contribution in [0.25, 0.3) is 10.9 Å². The van der Waals surface area contributed by atoms with Gasteiger partial charge in [-0.05, 0) is 42.7 Å². The first-order valence-electron chi connectivity index (χ1n) is 12.4. The minimum atomic E-state index is -1.35. The molecule has 5 aromatic rings. The Morgan fingerprint density at radius 2 is 1.79 bits per heavy atom. The monoisotopic (exact) mass is 551 g/mol. The molecule has 0 saturated heterocycles. The fourth-order valence-electron chi connectivity index (χ4n) is 4.77. The maximum absolute atomic E-state index is 9.96. The number of fused-ring (bicyclic) bond motifs is 1. The van der Waals surface area contributed by atoms with Gasteiger partial charge < -0.3 is 10.6 Å². The molecule has 2 radical (unpaired) electrons. The lowest BCUT2D eigenvalue weighted by molar-refractivity contribution is 0.750. The number of H-pyrrole nitrogens is 1. The van der Waals surface area contributed by atoms with Gasteiger partial charge in [-0.2, -0.15) is 20.7 Å². The Hall–Kier alpha value is -4.06. The van der Waals surface area contributed by atoms with Crippen LogP contribution in [0.15, 0.2) is 72.9 Å². The van der Waals surface area contributed by atoms with Gasteiger partial charge in [0.1, 0.15) is 19.6 Å². The molecule has 2 heterocycles. The average molecular weight is 552 g/mol. The summed E-state index contributed by atoms with van der Waals surface area (Å²) in [4.78, 5) is 4.49. The SMILES string of the molecule is [B]C(Nc1cc(Cl)c2ncc(C#N)c(N[C@H](CC)c3ccccc3)c2c1)(c1ccccc1Cl)c1n[nH]nc1C. The third kappa shape index (κ3) is 5.03. The Balaban J connectivity index is 1.66. The second-order valence-corrected chi connectivity index (χ2v) is 10.0. The van der Waals surface area contributed by atoms with E-state index in [1.165, 1.54) is 6.20 Å². The molecule has 2 atom stereocenters. The second kappa shape index (κ2) is 11.0. The van der Waals surface area contributed by atoms with Crippen molar-refractivity contribution in [3.63, 3.8) is 0 Å². The summed E-state index contributed by atoms with van der Waals surface area (Å²) in [5.74, 6) is 0. The van der Waals surface area contributed by atoms with Gasteiger partial charge in [0.2, 0.25) is 0 Å². The predicted octanol–water partition coefficient (Wildman–Crippen LogP) is 6.88. The van der Waals surface area contributed by atoms with E-state index in [1.54, 1.807) is 12.1 Å². The Kier molecular flexibility index (Phi) is 7.47. The molecule has 0 aliphatic rings. The number of aryl methyl sites for hydroxylation is 1. The Bertz CT molecular complexity index is 1680. The quantitative estimate of drug-likeness (QED) is 0.181. The molecule has 0 spiro atoms. The van der Waals surface area contributed by atoms with Crippen molar-refractivity contribution in [2.75, 3.05) is 10.6 Å². The van der Waals surface area contributed by atoms with Crippen molar-refractivity contribution in [3.8, 4) is 6.07 Å². The van der Waals surface area contributed by atoms with Crippen molar-refractivity contribution in [2.45, 2.75) is 31.7 Å². The molecule has 0 aliphatic carbocycles. The fraction of sp³-hybridized carbons (Fsp3) is 0.172. The molecule has 5 rings (SSSR count). The van der Waals surface area contributed by atoms with Crippen molar-refractivity contribution in [2.24, 2.45) is 0 Å². The molecule has 39 heavy (non-hydrogen) atoms. The van der Waals surface area contributed by atoms with Crippen LogP contribution in [-0.4, -0.2) is 28.2 Å². The Morgan fingerprint density at radius 3 is 2.46 bits per heavy atom. The fourth-order valence-corrected chi connectivity index (χ4v) is 5.33. The van der Waals surface area contributed by atoms with E-state index in [0.717, 1.165) is 12.0 Å². The Labute approximate surface area is 238 Å². The largest absolute Gasteiger partial charge is 0.378 e. The van der Waals surface area contributed by atoms with Gasteiger partial charge in [0.25, 0.3) is 0 Å². The summed E-state index contributed by atoms with van der Waals surface area (Å²) in [6.45, 7) is 3.90. The molecule has 0 aliphatic heterocycles. The third-order valence-corrected chi connectivity index (χ3v) is 7.33. The van der Waals surface area contributed by atoms with Crippen LogP contribution >= 0.6 is 23.2 Å². The number of rotatable bonds is 8. The van der Waals surface area contributed by atoms with Crippen molar-refractivity contribution >= 4 is 53.3 Å². The van der Waals surface area contributed by atoms with Gasteiger partial charge in [-0.25, -0.2) is 0 Å². The number of hydrogen-bond acceptors (Lipinski definition) is 6. The molecule has 0 fully saturated rings. The van der Waals surface area contributed by atoms with Crippen molar-refractivity contribution in [3.05, 3.63) is 111 Å². The number of nitrogens with one attached hydrogen (secondary N) is 3. The maximum Gasteiger partial charge on any atom is 0.119 e. The molecule has 0 amide bonds. The summed E-state index contributed by atoms with van der Waals surface area (Å²) in [5.41, 5.74) is 3.65. The molecule has 3 aromatic carbocycles. The average Bonchev–Trinajstić information content (AvgIpc) is 3.39. The third-order valence-electron chi connectivity index (χ3n) is 6.71. The predicted molar refractivity (Wildman–Crippen MR) is 157 cm³/mol. The number of hydrogen-bond donors (Lipinski definition) is 3. The number of anilines is 2. The van der Waals surface area contributed by atoms with Gasteiger partial charge in [-0.3, -0.25) is 4.98 Å². The summed E-state index contributed by atoms with van der Waals surface area (Å²) in [6, 6.07) is 23.2. The molecule has 0 bridgehead atoms. The molecule has 7 nitrogen and oxygen atoms in total. The van der Waals surface area contributed by atoms with Gasteiger partial charge in [-0.1, -0.05) is 78.7 Å².